The first-order valence-corrected chi connectivity index (χ1v) is 22.4. The molecule has 1 rings (SSSR count). The lowest BCUT2D eigenvalue weighted by atomic mass is 10.1. The molecule has 0 bridgehead atoms. The molecule has 0 spiro atoms. The summed E-state index contributed by atoms with van der Waals surface area (Å²) in [6, 6.07) is 0. The van der Waals surface area contributed by atoms with Crippen molar-refractivity contribution in [3.8, 4) is 0 Å². The Kier molecular flexibility index (Phi) is 32.3. The van der Waals surface area contributed by atoms with Gasteiger partial charge in [0.1, 0.15) is 6.61 Å². The van der Waals surface area contributed by atoms with E-state index in [0.29, 0.717) is 25.0 Å². The molecule has 310 valence electrons. The third-order valence-electron chi connectivity index (χ3n) is 8.80. The quantitative estimate of drug-likeness (QED) is 0.0205. The van der Waals surface area contributed by atoms with Crippen LogP contribution in [0.3, 0.4) is 0 Å². The van der Waals surface area contributed by atoms with Crippen LogP contribution in [0.1, 0.15) is 155 Å². The van der Waals surface area contributed by atoms with Crippen LogP contribution in [0, 0.1) is 0 Å². The maximum absolute atomic E-state index is 12.6. The zero-order chi connectivity index (χ0) is 39.4. The number of unbranched alkanes of at least 4 members (excludes halogenated alkanes) is 11. The van der Waals surface area contributed by atoms with E-state index in [1.165, 1.54) is 44.9 Å². The minimum atomic E-state index is -4.40. The first-order chi connectivity index (χ1) is 26.3. The summed E-state index contributed by atoms with van der Waals surface area (Å²) in [5.41, 5.74) is 5.34. The molecule has 1 saturated heterocycles. The summed E-state index contributed by atoms with van der Waals surface area (Å²) in [5, 5.41) is 0. The fourth-order valence-corrected chi connectivity index (χ4v) is 6.34. The topological polar surface area (TPSA) is 147 Å². The molecule has 10 nitrogen and oxygen atoms in total. The van der Waals surface area contributed by atoms with Gasteiger partial charge < -0.3 is 24.8 Å². The van der Waals surface area contributed by atoms with Crippen LogP contribution >= 0.6 is 7.82 Å². The number of epoxide rings is 1. The van der Waals surface area contributed by atoms with Crippen LogP contribution < -0.4 is 5.73 Å². The molecule has 0 aromatic rings. The molecule has 1 heterocycles. The number of phosphoric ester groups is 1. The molecule has 3 N–H and O–H groups in total. The Balaban J connectivity index is 2.25. The second-order valence-corrected chi connectivity index (χ2v) is 15.3. The van der Waals surface area contributed by atoms with Crippen molar-refractivity contribution in [3.63, 3.8) is 0 Å². The molecule has 11 heteroatoms. The van der Waals surface area contributed by atoms with E-state index in [9.17, 15) is 19.0 Å². The molecule has 1 aliphatic rings. The maximum Gasteiger partial charge on any atom is 0.472 e. The zero-order valence-electron chi connectivity index (χ0n) is 33.6. The lowest BCUT2D eigenvalue weighted by Gasteiger charge is -2.19. The van der Waals surface area contributed by atoms with Crippen molar-refractivity contribution in [2.45, 2.75) is 173 Å². The van der Waals surface area contributed by atoms with Crippen molar-refractivity contribution in [2.75, 3.05) is 26.4 Å². The Labute approximate surface area is 327 Å². The van der Waals surface area contributed by atoms with Crippen molar-refractivity contribution < 1.29 is 42.3 Å². The van der Waals surface area contributed by atoms with E-state index in [1.54, 1.807) is 0 Å². The summed E-state index contributed by atoms with van der Waals surface area (Å²) >= 11 is 0. The number of nitrogens with two attached hydrogens (primary N) is 1. The molecule has 3 unspecified atom stereocenters. The van der Waals surface area contributed by atoms with Gasteiger partial charge in [0.25, 0.3) is 0 Å². The van der Waals surface area contributed by atoms with Gasteiger partial charge in [0.15, 0.2) is 6.10 Å². The Morgan fingerprint density at radius 1 is 0.667 bits per heavy atom. The standard InChI is InChI=1S/C43H74NO9P/c1-3-5-7-9-11-12-13-14-15-16-17-18-19-20-21-25-29-33-42(45)49-37-39(38-51-54(47,48)50-36-35-44)52-43(46)34-30-26-22-24-28-32-41-40(53-41)31-27-23-10-8-6-4-2/h11-12,14-15,17-18,20-21,23,27,39-41H,3-10,13,16,19,22,24-26,28-38,44H2,1-2H3,(H,47,48)/b12-11-,15-14-,18-17-,21-20-,27-23-/t39-,40?,41?/m1/s1. The highest BCUT2D eigenvalue weighted by molar-refractivity contribution is 7.47. The monoisotopic (exact) mass is 780 g/mol. The smallest absolute Gasteiger partial charge is 0.462 e. The van der Waals surface area contributed by atoms with Crippen molar-refractivity contribution in [1.82, 2.24) is 0 Å². The minimum Gasteiger partial charge on any atom is -0.462 e. The number of ether oxygens (including phenoxy) is 3. The molecule has 54 heavy (non-hydrogen) atoms. The molecule has 0 aromatic carbocycles. The van der Waals surface area contributed by atoms with Gasteiger partial charge in [-0.15, -0.1) is 0 Å². The van der Waals surface area contributed by atoms with Crippen LogP contribution in [0.25, 0.3) is 0 Å². The van der Waals surface area contributed by atoms with Gasteiger partial charge in [0, 0.05) is 19.4 Å². The predicted octanol–water partition coefficient (Wildman–Crippen LogP) is 10.7. The molecule has 0 radical (unpaired) electrons. The molecule has 4 atom stereocenters. The highest BCUT2D eigenvalue weighted by Gasteiger charge is 2.36. The fraction of sp³-hybridized carbons (Fsp3) is 0.721. The second-order valence-electron chi connectivity index (χ2n) is 13.9. The van der Waals surface area contributed by atoms with Gasteiger partial charge in [-0.1, -0.05) is 126 Å². The highest BCUT2D eigenvalue weighted by Crippen LogP contribution is 2.43. The number of hydrogen-bond acceptors (Lipinski definition) is 9. The first kappa shape index (κ1) is 49.7. The summed E-state index contributed by atoms with van der Waals surface area (Å²) in [7, 11) is -4.40. The third kappa shape index (κ3) is 32.0. The summed E-state index contributed by atoms with van der Waals surface area (Å²) in [6.45, 7) is 3.56. The number of rotatable bonds is 37. The summed E-state index contributed by atoms with van der Waals surface area (Å²) in [5.74, 6) is -0.923. The van der Waals surface area contributed by atoms with Gasteiger partial charge in [0.2, 0.25) is 0 Å². The number of hydrogen-bond donors (Lipinski definition) is 2. The van der Waals surface area contributed by atoms with E-state index in [1.807, 2.05) is 6.08 Å². The predicted molar refractivity (Wildman–Crippen MR) is 219 cm³/mol. The number of carbonyl (C=O) groups excluding carboxylic acids is 2. The number of carbonyl (C=O) groups is 2. The van der Waals surface area contributed by atoms with Gasteiger partial charge in [-0.05, 0) is 77.0 Å². The molecule has 0 aromatic heterocycles. The first-order valence-electron chi connectivity index (χ1n) is 20.9. The maximum atomic E-state index is 12.6. The van der Waals surface area contributed by atoms with Gasteiger partial charge in [-0.3, -0.25) is 18.6 Å². The molecule has 0 amide bonds. The molecular weight excluding hydrogens is 705 g/mol. The van der Waals surface area contributed by atoms with Crippen LogP contribution in [-0.2, 0) is 37.4 Å². The Morgan fingerprint density at radius 3 is 1.85 bits per heavy atom. The van der Waals surface area contributed by atoms with E-state index in [-0.39, 0.29) is 32.6 Å². The van der Waals surface area contributed by atoms with Gasteiger partial charge in [-0.25, -0.2) is 4.57 Å². The third-order valence-corrected chi connectivity index (χ3v) is 9.78. The molecule has 0 aliphatic carbocycles. The van der Waals surface area contributed by atoms with Crippen LogP contribution in [0.5, 0.6) is 0 Å². The Bertz CT molecular complexity index is 1140. The molecule has 0 saturated carbocycles. The molecular formula is C43H74NO9P. The zero-order valence-corrected chi connectivity index (χ0v) is 34.5. The minimum absolute atomic E-state index is 0.0384. The van der Waals surface area contributed by atoms with E-state index in [2.05, 4.69) is 68.5 Å². The van der Waals surface area contributed by atoms with Gasteiger partial charge >= 0.3 is 19.8 Å². The van der Waals surface area contributed by atoms with E-state index < -0.39 is 32.5 Å². The second kappa shape index (κ2) is 35.1. The number of phosphoric acid groups is 1. The van der Waals surface area contributed by atoms with Crippen molar-refractivity contribution in [1.29, 1.82) is 0 Å². The summed E-state index contributed by atoms with van der Waals surface area (Å²) in [6.07, 6.45) is 42.7. The van der Waals surface area contributed by atoms with Crippen molar-refractivity contribution in [2.24, 2.45) is 5.73 Å². The van der Waals surface area contributed by atoms with Crippen LogP contribution in [0.15, 0.2) is 60.8 Å². The van der Waals surface area contributed by atoms with Crippen LogP contribution in [-0.4, -0.2) is 61.5 Å². The van der Waals surface area contributed by atoms with Gasteiger partial charge in [-0.2, -0.15) is 0 Å². The van der Waals surface area contributed by atoms with E-state index in [0.717, 1.165) is 70.6 Å². The lowest BCUT2D eigenvalue weighted by Crippen LogP contribution is -2.29. The van der Waals surface area contributed by atoms with E-state index >= 15 is 0 Å². The van der Waals surface area contributed by atoms with E-state index in [4.69, 9.17) is 29.0 Å². The Hall–Kier alpha value is -2.33. The lowest BCUT2D eigenvalue weighted by molar-refractivity contribution is -0.161. The summed E-state index contributed by atoms with van der Waals surface area (Å²) < 4.78 is 38.5. The number of allylic oxidation sites excluding steroid dienone is 9. The SMILES string of the molecule is CCCCC/C=C\C/C=C\C/C=C\C/C=C\CCCC(=O)OC[C@H](COP(=O)(O)OCCN)OC(=O)CCCCCCCC1OC1C/C=C\CCCCC. The normalized spacial score (nSPS) is 17.7. The number of esters is 2. The van der Waals surface area contributed by atoms with Crippen LogP contribution in [0.2, 0.25) is 0 Å². The summed E-state index contributed by atoms with van der Waals surface area (Å²) in [4.78, 5) is 34.8. The highest BCUT2D eigenvalue weighted by atomic mass is 31.2. The molecule has 1 fully saturated rings. The van der Waals surface area contributed by atoms with Crippen molar-refractivity contribution >= 4 is 19.8 Å². The Morgan fingerprint density at radius 2 is 1.22 bits per heavy atom. The fourth-order valence-electron chi connectivity index (χ4n) is 5.57. The average Bonchev–Trinajstić information content (AvgIpc) is 3.91. The van der Waals surface area contributed by atoms with Gasteiger partial charge in [0.05, 0.1) is 25.4 Å². The van der Waals surface area contributed by atoms with Crippen molar-refractivity contribution in [3.05, 3.63) is 60.8 Å². The largest absolute Gasteiger partial charge is 0.472 e. The average molecular weight is 780 g/mol. The van der Waals surface area contributed by atoms with Crippen LogP contribution in [0.4, 0.5) is 0 Å². The molecule has 1 aliphatic heterocycles.